The monoisotopic (exact) mass is 642 g/mol. The highest BCUT2D eigenvalue weighted by Gasteiger charge is 2.29. The van der Waals surface area contributed by atoms with Crippen molar-refractivity contribution in [1.82, 2.24) is 0 Å². The van der Waals surface area contributed by atoms with Crippen molar-refractivity contribution in [2.75, 3.05) is 9.80 Å². The predicted molar refractivity (Wildman–Crippen MR) is 210 cm³/mol. The van der Waals surface area contributed by atoms with E-state index in [1.807, 2.05) is 11.8 Å². The fraction of sp³-hybridized carbons (Fsp3) is 0. The smallest absolute Gasteiger partial charge is 0.0620 e. The molecule has 0 fully saturated rings. The topological polar surface area (TPSA) is 6.48 Å². The van der Waals surface area contributed by atoms with Crippen molar-refractivity contribution in [3.05, 3.63) is 182 Å². The van der Waals surface area contributed by atoms with Gasteiger partial charge in [-0.05, 0) is 70.1 Å². The SMILES string of the molecule is c1ccc2c(c1)Sc1ccccc1N2c1c2ccccc2c(N(c2ccc3ccccc3c2)c2ccc3ccccc3c2)c2ccccc12. The van der Waals surface area contributed by atoms with Gasteiger partial charge in [-0.15, -0.1) is 0 Å². The molecule has 230 valence electrons. The Labute approximate surface area is 289 Å². The average molecular weight is 643 g/mol. The second kappa shape index (κ2) is 11.3. The molecule has 0 radical (unpaired) electrons. The van der Waals surface area contributed by atoms with E-state index in [2.05, 4.69) is 192 Å². The van der Waals surface area contributed by atoms with Gasteiger partial charge in [0.05, 0.1) is 22.7 Å². The molecule has 1 aliphatic rings. The van der Waals surface area contributed by atoms with E-state index in [-0.39, 0.29) is 0 Å². The van der Waals surface area contributed by atoms with E-state index in [0.717, 1.165) is 11.4 Å². The number of para-hydroxylation sites is 2. The van der Waals surface area contributed by atoms with Crippen molar-refractivity contribution < 1.29 is 0 Å². The number of rotatable bonds is 4. The van der Waals surface area contributed by atoms with Crippen molar-refractivity contribution in [2.45, 2.75) is 9.79 Å². The van der Waals surface area contributed by atoms with Crippen molar-refractivity contribution >= 4 is 89.0 Å². The number of anilines is 6. The van der Waals surface area contributed by atoms with Gasteiger partial charge < -0.3 is 9.80 Å². The largest absolute Gasteiger partial charge is 0.309 e. The fourth-order valence-corrected chi connectivity index (χ4v) is 8.61. The summed E-state index contributed by atoms with van der Waals surface area (Å²) in [5.74, 6) is 0. The zero-order valence-electron chi connectivity index (χ0n) is 26.6. The van der Waals surface area contributed by atoms with Gasteiger partial charge in [0.15, 0.2) is 0 Å². The van der Waals surface area contributed by atoms with E-state index in [1.165, 1.54) is 75.6 Å². The zero-order chi connectivity index (χ0) is 32.3. The maximum atomic E-state index is 2.49. The van der Waals surface area contributed by atoms with Gasteiger partial charge in [-0.25, -0.2) is 0 Å². The van der Waals surface area contributed by atoms with Crippen molar-refractivity contribution in [1.29, 1.82) is 0 Å². The molecule has 0 aromatic heterocycles. The Morgan fingerprint density at radius 1 is 0.367 bits per heavy atom. The van der Waals surface area contributed by atoms with E-state index >= 15 is 0 Å². The molecule has 1 aliphatic heterocycles. The molecule has 0 amide bonds. The van der Waals surface area contributed by atoms with Crippen LogP contribution in [0.1, 0.15) is 0 Å². The standard InChI is InChI=1S/C46H30N2S/c1-3-15-33-29-35(27-25-31(33)13-1)47(36-28-26-32-14-2-4-16-34(32)30-36)45-37-17-5-7-19-39(37)46(40-20-8-6-18-38(40)45)48-41-21-9-11-23-43(41)49-44-24-12-10-22-42(44)48/h1-30H. The van der Waals surface area contributed by atoms with Crippen LogP contribution < -0.4 is 9.80 Å². The minimum atomic E-state index is 1.13. The summed E-state index contributed by atoms with van der Waals surface area (Å²) in [4.78, 5) is 7.48. The molecule has 0 aliphatic carbocycles. The molecule has 1 heterocycles. The molecule has 2 nitrogen and oxygen atoms in total. The fourth-order valence-electron chi connectivity index (χ4n) is 7.55. The lowest BCUT2D eigenvalue weighted by molar-refractivity contribution is 1.18. The van der Waals surface area contributed by atoms with Crippen molar-refractivity contribution in [3.63, 3.8) is 0 Å². The van der Waals surface area contributed by atoms with Gasteiger partial charge in [-0.2, -0.15) is 0 Å². The minimum absolute atomic E-state index is 1.13. The van der Waals surface area contributed by atoms with Crippen LogP contribution in [0.3, 0.4) is 0 Å². The second-order valence-electron chi connectivity index (χ2n) is 12.6. The third kappa shape index (κ3) is 4.51. The summed E-state index contributed by atoms with van der Waals surface area (Å²) >= 11 is 1.85. The molecular weight excluding hydrogens is 613 g/mol. The molecule has 0 atom stereocenters. The van der Waals surface area contributed by atoms with Crippen LogP contribution in [-0.4, -0.2) is 0 Å². The first kappa shape index (κ1) is 28.0. The van der Waals surface area contributed by atoms with E-state index < -0.39 is 0 Å². The summed E-state index contributed by atoms with van der Waals surface area (Å²) in [6.45, 7) is 0. The van der Waals surface area contributed by atoms with Gasteiger partial charge in [0.1, 0.15) is 0 Å². The highest BCUT2D eigenvalue weighted by molar-refractivity contribution is 7.99. The average Bonchev–Trinajstić information content (AvgIpc) is 3.17. The molecule has 9 aromatic carbocycles. The van der Waals surface area contributed by atoms with Gasteiger partial charge in [0, 0.05) is 42.7 Å². The van der Waals surface area contributed by atoms with Gasteiger partial charge >= 0.3 is 0 Å². The lowest BCUT2D eigenvalue weighted by Crippen LogP contribution is -2.17. The molecule has 0 bridgehead atoms. The van der Waals surface area contributed by atoms with Crippen LogP contribution in [0.5, 0.6) is 0 Å². The summed E-state index contributed by atoms with van der Waals surface area (Å²) in [6.07, 6.45) is 0. The van der Waals surface area contributed by atoms with Crippen LogP contribution in [0.25, 0.3) is 43.1 Å². The van der Waals surface area contributed by atoms with Crippen LogP contribution in [-0.2, 0) is 0 Å². The number of benzene rings is 9. The molecule has 0 unspecified atom stereocenters. The Morgan fingerprint density at radius 3 is 1.29 bits per heavy atom. The van der Waals surface area contributed by atoms with Gasteiger partial charge in [0.25, 0.3) is 0 Å². The molecular formula is C46H30N2S. The highest BCUT2D eigenvalue weighted by Crippen LogP contribution is 2.56. The van der Waals surface area contributed by atoms with Crippen LogP contribution in [0, 0.1) is 0 Å². The third-order valence-corrected chi connectivity index (χ3v) is 10.9. The quantitative estimate of drug-likeness (QED) is 0.176. The molecule has 0 saturated heterocycles. The lowest BCUT2D eigenvalue weighted by Gasteiger charge is -2.36. The first-order valence-corrected chi connectivity index (χ1v) is 17.5. The Balaban J connectivity index is 1.32. The van der Waals surface area contributed by atoms with Crippen LogP contribution in [0.2, 0.25) is 0 Å². The summed E-state index contributed by atoms with van der Waals surface area (Å²) < 4.78 is 0. The molecule has 10 rings (SSSR count). The maximum absolute atomic E-state index is 2.49. The Bertz CT molecular complexity index is 2550. The summed E-state index contributed by atoms with van der Waals surface area (Å²) in [6, 6.07) is 66.4. The van der Waals surface area contributed by atoms with Gasteiger partial charge in [0.2, 0.25) is 0 Å². The summed E-state index contributed by atoms with van der Waals surface area (Å²) in [7, 11) is 0. The van der Waals surface area contributed by atoms with Gasteiger partial charge in [-0.3, -0.25) is 0 Å². The molecule has 0 spiro atoms. The maximum Gasteiger partial charge on any atom is 0.0620 e. The normalized spacial score (nSPS) is 12.4. The predicted octanol–water partition coefficient (Wildman–Crippen LogP) is 13.7. The minimum Gasteiger partial charge on any atom is -0.309 e. The Hall–Kier alpha value is -6.03. The van der Waals surface area contributed by atoms with Crippen LogP contribution in [0.4, 0.5) is 34.1 Å². The Morgan fingerprint density at radius 2 is 0.776 bits per heavy atom. The van der Waals surface area contributed by atoms with Crippen LogP contribution in [0.15, 0.2) is 192 Å². The molecule has 9 aromatic rings. The number of hydrogen-bond acceptors (Lipinski definition) is 3. The van der Waals surface area contributed by atoms with E-state index in [9.17, 15) is 0 Å². The number of fused-ring (bicyclic) bond motifs is 6. The summed E-state index contributed by atoms with van der Waals surface area (Å²) in [5, 5.41) is 9.71. The number of hydrogen-bond donors (Lipinski definition) is 0. The molecule has 0 N–H and O–H groups in total. The van der Waals surface area contributed by atoms with Crippen LogP contribution >= 0.6 is 11.8 Å². The molecule has 49 heavy (non-hydrogen) atoms. The van der Waals surface area contributed by atoms with Crippen molar-refractivity contribution in [2.24, 2.45) is 0 Å². The molecule has 3 heteroatoms. The second-order valence-corrected chi connectivity index (χ2v) is 13.6. The van der Waals surface area contributed by atoms with E-state index in [1.54, 1.807) is 0 Å². The van der Waals surface area contributed by atoms with Crippen molar-refractivity contribution in [3.8, 4) is 0 Å². The highest BCUT2D eigenvalue weighted by atomic mass is 32.2. The van der Waals surface area contributed by atoms with E-state index in [0.29, 0.717) is 0 Å². The zero-order valence-corrected chi connectivity index (χ0v) is 27.4. The summed E-state index contributed by atoms with van der Waals surface area (Å²) in [5.41, 5.74) is 7.04. The van der Waals surface area contributed by atoms with E-state index in [4.69, 9.17) is 0 Å². The molecule has 0 saturated carbocycles. The lowest BCUT2D eigenvalue weighted by atomic mass is 9.95. The first-order valence-electron chi connectivity index (χ1n) is 16.7. The Kier molecular flexibility index (Phi) is 6.46. The number of nitrogens with zero attached hydrogens (tertiary/aromatic N) is 2. The van der Waals surface area contributed by atoms with Gasteiger partial charge in [-0.1, -0.05) is 145 Å². The first-order chi connectivity index (χ1) is 24.3. The third-order valence-electron chi connectivity index (χ3n) is 9.74.